The summed E-state index contributed by atoms with van der Waals surface area (Å²) < 4.78 is 25.2. The molecule has 0 saturated carbocycles. The van der Waals surface area contributed by atoms with Gasteiger partial charge in [0.1, 0.15) is 29.0 Å². The van der Waals surface area contributed by atoms with Crippen LogP contribution in [0.4, 0.5) is 0 Å². The molecule has 1 N–H and O–H groups in total. The van der Waals surface area contributed by atoms with Gasteiger partial charge in [-0.3, -0.25) is 0 Å². The van der Waals surface area contributed by atoms with Gasteiger partial charge >= 0.3 is 0 Å². The average Bonchev–Trinajstić information content (AvgIpc) is 3.57. The first kappa shape index (κ1) is 31.0. The molecule has 6 aromatic rings. The number of aliphatic hydroxyl groups is 1. The van der Waals surface area contributed by atoms with Gasteiger partial charge in [-0.2, -0.15) is 0 Å². The van der Waals surface area contributed by atoms with Crippen molar-refractivity contribution >= 4 is 17.7 Å². The van der Waals surface area contributed by atoms with Crippen molar-refractivity contribution in [2.75, 3.05) is 14.2 Å². The van der Waals surface area contributed by atoms with E-state index in [1.54, 1.807) is 14.2 Å². The van der Waals surface area contributed by atoms with Crippen molar-refractivity contribution in [3.05, 3.63) is 189 Å². The molecular weight excluding hydrogens is 633 g/mol. The van der Waals surface area contributed by atoms with Gasteiger partial charge in [0.25, 0.3) is 0 Å². The van der Waals surface area contributed by atoms with Gasteiger partial charge in [0.15, 0.2) is 11.5 Å². The Bertz CT molecular complexity index is 2440. The quantitative estimate of drug-likeness (QED) is 0.189. The Kier molecular flexibility index (Phi) is 7.34. The van der Waals surface area contributed by atoms with Crippen LogP contribution in [0.5, 0.6) is 28.7 Å². The number of fused-ring (bicyclic) bond motifs is 5. The molecule has 3 atom stereocenters. The summed E-state index contributed by atoms with van der Waals surface area (Å²) >= 11 is 0. The van der Waals surface area contributed by atoms with Gasteiger partial charge in [0, 0.05) is 22.1 Å². The van der Waals surface area contributed by atoms with Crippen LogP contribution in [0.1, 0.15) is 33.4 Å². The van der Waals surface area contributed by atoms with E-state index < -0.39 is 17.1 Å². The molecule has 3 unspecified atom stereocenters. The van der Waals surface area contributed by atoms with Gasteiger partial charge < -0.3 is 24.1 Å². The molecule has 3 aliphatic rings. The van der Waals surface area contributed by atoms with E-state index in [-0.39, 0.29) is 0 Å². The largest absolute Gasteiger partial charge is 0.497 e. The van der Waals surface area contributed by atoms with Gasteiger partial charge in [-0.1, -0.05) is 115 Å². The van der Waals surface area contributed by atoms with Crippen LogP contribution in [0.15, 0.2) is 146 Å². The molecule has 51 heavy (non-hydrogen) atoms. The Morgan fingerprint density at radius 3 is 2.14 bits per heavy atom. The number of hydrogen-bond donors (Lipinski definition) is 1. The molecule has 0 aromatic heterocycles. The second-order valence-corrected chi connectivity index (χ2v) is 13.3. The fourth-order valence-corrected chi connectivity index (χ4v) is 8.24. The first-order valence-corrected chi connectivity index (χ1v) is 17.2. The van der Waals surface area contributed by atoms with Crippen LogP contribution in [-0.4, -0.2) is 25.4 Å². The molecule has 5 nitrogen and oxygen atoms in total. The summed E-state index contributed by atoms with van der Waals surface area (Å²) in [5, 5.41) is 16.0. The van der Waals surface area contributed by atoms with Crippen molar-refractivity contribution in [3.8, 4) is 28.7 Å². The molecule has 1 heterocycles. The van der Waals surface area contributed by atoms with E-state index >= 15 is 0 Å². The third-order valence-corrected chi connectivity index (χ3v) is 10.6. The zero-order chi connectivity index (χ0) is 34.6. The van der Waals surface area contributed by atoms with Crippen LogP contribution in [-0.2, 0) is 17.4 Å². The Hall–Kier alpha value is -6.04. The maximum Gasteiger partial charge on any atom is 0.169 e. The van der Waals surface area contributed by atoms with Gasteiger partial charge in [-0.05, 0) is 81.6 Å². The van der Waals surface area contributed by atoms with E-state index in [0.29, 0.717) is 40.5 Å². The second-order valence-electron chi connectivity index (χ2n) is 13.3. The van der Waals surface area contributed by atoms with Crippen LogP contribution in [0.3, 0.4) is 0 Å². The van der Waals surface area contributed by atoms with Gasteiger partial charge in [0.2, 0.25) is 0 Å². The molecule has 6 aromatic carbocycles. The van der Waals surface area contributed by atoms with E-state index in [1.165, 1.54) is 0 Å². The number of ether oxygens (including phenoxy) is 4. The maximum atomic E-state index is 14.0. The SMILES string of the molecule is COc1ccc(C2(c3ccccc3)C=Cc3cc(OC)c4c(c3C2)C(O)(c2ccccc2Oc2ccccc2)C2=c3ccccc3=CC2O4)cc1. The van der Waals surface area contributed by atoms with Crippen LogP contribution in [0.2, 0.25) is 0 Å². The summed E-state index contributed by atoms with van der Waals surface area (Å²) in [6.07, 6.45) is 6.55. The lowest BCUT2D eigenvalue weighted by molar-refractivity contribution is 0.103. The van der Waals surface area contributed by atoms with Crippen molar-refractivity contribution in [1.29, 1.82) is 0 Å². The lowest BCUT2D eigenvalue weighted by Gasteiger charge is -2.44. The zero-order valence-corrected chi connectivity index (χ0v) is 28.4. The Balaban J connectivity index is 1.36. The van der Waals surface area contributed by atoms with Gasteiger partial charge in [-0.15, -0.1) is 0 Å². The summed E-state index contributed by atoms with van der Waals surface area (Å²) in [5.41, 5.74) is 4.00. The van der Waals surface area contributed by atoms with Crippen molar-refractivity contribution in [2.45, 2.75) is 23.5 Å². The lowest BCUT2D eigenvalue weighted by atomic mass is 9.64. The molecule has 0 amide bonds. The standard InChI is InChI=1S/C46H36O5/c1-48-34-23-21-33(22-24-34)45(32-14-5-3-6-15-32)26-25-31-28-41(49-2)44-43(37(31)29-45)46(47,42-36-18-10-9-13-30(36)27-40(42)51-44)38-19-11-12-20-39(38)50-35-16-7-4-8-17-35/h3-28,40,47H,29H2,1-2H3. The topological polar surface area (TPSA) is 57.2 Å². The van der Waals surface area contributed by atoms with Crippen LogP contribution < -0.4 is 29.4 Å². The highest BCUT2D eigenvalue weighted by molar-refractivity contribution is 5.85. The smallest absolute Gasteiger partial charge is 0.169 e. The minimum absolute atomic E-state index is 0.526. The summed E-state index contributed by atoms with van der Waals surface area (Å²) in [5.74, 6) is 3.12. The molecule has 0 fully saturated rings. The normalized spacial score (nSPS) is 20.9. The minimum atomic E-state index is -1.67. The summed E-state index contributed by atoms with van der Waals surface area (Å²) in [6.45, 7) is 0. The van der Waals surface area contributed by atoms with Crippen molar-refractivity contribution in [2.24, 2.45) is 0 Å². The maximum absolute atomic E-state index is 14.0. The molecular formula is C46H36O5. The van der Waals surface area contributed by atoms with Crippen molar-refractivity contribution < 1.29 is 24.1 Å². The Morgan fingerprint density at radius 2 is 1.37 bits per heavy atom. The molecule has 9 rings (SSSR count). The second kappa shape index (κ2) is 12.1. The molecule has 0 saturated heterocycles. The molecule has 0 radical (unpaired) electrons. The first-order chi connectivity index (χ1) is 25.0. The monoisotopic (exact) mass is 668 g/mol. The average molecular weight is 669 g/mol. The fourth-order valence-electron chi connectivity index (χ4n) is 8.24. The third kappa shape index (κ3) is 4.80. The van der Waals surface area contributed by atoms with Crippen LogP contribution in [0, 0.1) is 0 Å². The number of hydrogen-bond acceptors (Lipinski definition) is 5. The number of methoxy groups -OCH3 is 2. The van der Waals surface area contributed by atoms with Crippen LogP contribution in [0.25, 0.3) is 17.7 Å². The van der Waals surface area contributed by atoms with Crippen molar-refractivity contribution in [3.63, 3.8) is 0 Å². The van der Waals surface area contributed by atoms with E-state index in [0.717, 1.165) is 44.0 Å². The predicted molar refractivity (Wildman–Crippen MR) is 200 cm³/mol. The van der Waals surface area contributed by atoms with E-state index in [4.69, 9.17) is 18.9 Å². The van der Waals surface area contributed by atoms with Gasteiger partial charge in [0.05, 0.1) is 14.2 Å². The minimum Gasteiger partial charge on any atom is -0.497 e. The number of allylic oxidation sites excluding steroid dienone is 1. The number of rotatable bonds is 7. The van der Waals surface area contributed by atoms with Crippen LogP contribution >= 0.6 is 0 Å². The summed E-state index contributed by atoms with van der Waals surface area (Å²) in [6, 6.07) is 46.5. The summed E-state index contributed by atoms with van der Waals surface area (Å²) in [4.78, 5) is 0. The first-order valence-electron chi connectivity index (χ1n) is 17.2. The predicted octanol–water partition coefficient (Wildman–Crippen LogP) is 7.69. The number of para-hydroxylation sites is 2. The van der Waals surface area contributed by atoms with E-state index in [9.17, 15) is 5.11 Å². The number of benzene rings is 6. The molecule has 1 aliphatic heterocycles. The third-order valence-electron chi connectivity index (χ3n) is 10.6. The summed E-state index contributed by atoms with van der Waals surface area (Å²) in [7, 11) is 3.34. The van der Waals surface area contributed by atoms with Crippen molar-refractivity contribution in [1.82, 2.24) is 0 Å². The van der Waals surface area contributed by atoms with Gasteiger partial charge in [-0.25, -0.2) is 0 Å². The molecule has 0 bridgehead atoms. The Morgan fingerprint density at radius 1 is 0.686 bits per heavy atom. The fraction of sp³-hybridized carbons (Fsp3) is 0.130. The highest BCUT2D eigenvalue weighted by Crippen LogP contribution is 2.58. The highest BCUT2D eigenvalue weighted by Gasteiger charge is 2.53. The molecule has 2 aliphatic carbocycles. The molecule has 250 valence electrons. The molecule has 0 spiro atoms. The lowest BCUT2D eigenvalue weighted by Crippen LogP contribution is -2.44. The Labute approximate surface area is 297 Å². The van der Waals surface area contributed by atoms with E-state index in [2.05, 4.69) is 66.8 Å². The molecule has 5 heteroatoms. The van der Waals surface area contributed by atoms with E-state index in [1.807, 2.05) is 91.0 Å². The highest BCUT2D eigenvalue weighted by atomic mass is 16.5. The zero-order valence-electron chi connectivity index (χ0n) is 28.4.